The lowest BCUT2D eigenvalue weighted by Crippen LogP contribution is -2.43. The van der Waals surface area contributed by atoms with Crippen LogP contribution in [0.3, 0.4) is 0 Å². The van der Waals surface area contributed by atoms with Crippen LogP contribution in [-0.2, 0) is 18.4 Å². The average molecular weight is 355 g/mol. The van der Waals surface area contributed by atoms with Gasteiger partial charge in [-0.15, -0.1) is 0 Å². The Hall–Kier alpha value is -2.74. The summed E-state index contributed by atoms with van der Waals surface area (Å²) < 4.78 is 12.7. The van der Waals surface area contributed by atoms with Crippen molar-refractivity contribution in [3.63, 3.8) is 0 Å². The van der Waals surface area contributed by atoms with Crippen molar-refractivity contribution in [1.29, 1.82) is 0 Å². The summed E-state index contributed by atoms with van der Waals surface area (Å²) in [7, 11) is 1.85. The van der Waals surface area contributed by atoms with Crippen molar-refractivity contribution in [2.75, 3.05) is 13.1 Å². The van der Waals surface area contributed by atoms with Crippen molar-refractivity contribution in [3.8, 4) is 0 Å². The molecule has 1 atom stereocenters. The summed E-state index contributed by atoms with van der Waals surface area (Å²) in [5.74, 6) is 0.997. The Morgan fingerprint density at radius 3 is 3.04 bits per heavy atom. The molecule has 0 saturated carbocycles. The van der Waals surface area contributed by atoms with E-state index in [1.54, 1.807) is 11.6 Å². The second-order valence-corrected chi connectivity index (χ2v) is 6.55. The summed E-state index contributed by atoms with van der Waals surface area (Å²) >= 11 is 0. The van der Waals surface area contributed by atoms with Crippen LogP contribution in [0, 0.1) is 6.92 Å². The Morgan fingerprint density at radius 1 is 1.38 bits per heavy atom. The molecular weight excluding hydrogens is 334 g/mol. The van der Waals surface area contributed by atoms with Gasteiger partial charge in [0.2, 0.25) is 0 Å². The quantitative estimate of drug-likeness (QED) is 0.712. The molecular formula is C18H21N5O3. The zero-order chi connectivity index (χ0) is 18.1. The monoisotopic (exact) mass is 355 g/mol. The minimum Gasteiger partial charge on any atom is -0.367 e. The second-order valence-electron chi connectivity index (χ2n) is 6.55. The third-order valence-electron chi connectivity index (χ3n) is 4.64. The molecule has 0 bridgehead atoms. The van der Waals surface area contributed by atoms with E-state index in [4.69, 9.17) is 9.26 Å². The first-order valence-corrected chi connectivity index (χ1v) is 8.73. The van der Waals surface area contributed by atoms with Gasteiger partial charge in [-0.1, -0.05) is 23.4 Å². The lowest BCUT2D eigenvalue weighted by atomic mass is 10.1. The van der Waals surface area contributed by atoms with Crippen LogP contribution in [0.4, 0.5) is 0 Å². The topological polar surface area (TPSA) is 86.3 Å². The molecule has 0 N–H and O–H groups in total. The Labute approximate surface area is 150 Å². The molecule has 1 amide bonds. The predicted octanol–water partition coefficient (Wildman–Crippen LogP) is 2.09. The summed E-state index contributed by atoms with van der Waals surface area (Å²) in [5, 5.41) is 9.07. The predicted molar refractivity (Wildman–Crippen MR) is 93.5 cm³/mol. The van der Waals surface area contributed by atoms with Crippen LogP contribution >= 0.6 is 0 Å². The number of nitrogens with zero attached hydrogens (tertiary/aromatic N) is 5. The molecule has 1 fully saturated rings. The molecule has 1 saturated heterocycles. The van der Waals surface area contributed by atoms with Crippen LogP contribution < -0.4 is 0 Å². The number of benzene rings is 1. The fraction of sp³-hybridized carbons (Fsp3) is 0.444. The van der Waals surface area contributed by atoms with Gasteiger partial charge in [0.15, 0.2) is 11.5 Å². The van der Waals surface area contributed by atoms with E-state index >= 15 is 0 Å². The molecule has 26 heavy (non-hydrogen) atoms. The standard InChI is InChI=1S/C18H21N5O3/c1-12-19-16(26-21-12)11-25-13-6-5-9-23(10-13)18(24)17-14-7-3-4-8-15(14)22(2)20-17/h3-4,7-8,13H,5-6,9-11H2,1-2H3. The summed E-state index contributed by atoms with van der Waals surface area (Å²) in [5.41, 5.74) is 1.45. The molecule has 3 heterocycles. The van der Waals surface area contributed by atoms with E-state index in [-0.39, 0.29) is 18.6 Å². The number of fused-ring (bicyclic) bond motifs is 1. The van der Waals surface area contributed by atoms with Crippen molar-refractivity contribution in [2.24, 2.45) is 7.05 Å². The van der Waals surface area contributed by atoms with Gasteiger partial charge in [-0.3, -0.25) is 9.48 Å². The lowest BCUT2D eigenvalue weighted by Gasteiger charge is -2.32. The van der Waals surface area contributed by atoms with Gasteiger partial charge in [0, 0.05) is 25.5 Å². The summed E-state index contributed by atoms with van der Waals surface area (Å²) in [4.78, 5) is 19.0. The number of carbonyl (C=O) groups is 1. The number of piperidine rings is 1. The minimum atomic E-state index is -0.0521. The number of hydrogen-bond acceptors (Lipinski definition) is 6. The lowest BCUT2D eigenvalue weighted by molar-refractivity contribution is -0.0154. The Kier molecular flexibility index (Phi) is 4.42. The highest BCUT2D eigenvalue weighted by Gasteiger charge is 2.28. The highest BCUT2D eigenvalue weighted by molar-refractivity contribution is 6.04. The van der Waals surface area contributed by atoms with Crippen molar-refractivity contribution in [3.05, 3.63) is 41.7 Å². The number of amides is 1. The number of aryl methyl sites for hydroxylation is 2. The molecule has 1 aliphatic heterocycles. The van der Waals surface area contributed by atoms with Crippen molar-refractivity contribution in [2.45, 2.75) is 32.5 Å². The number of likely N-dealkylation sites (tertiary alicyclic amines) is 1. The summed E-state index contributed by atoms with van der Waals surface area (Å²) in [6, 6.07) is 7.77. The van der Waals surface area contributed by atoms with E-state index in [2.05, 4.69) is 15.2 Å². The molecule has 1 unspecified atom stereocenters. The zero-order valence-electron chi connectivity index (χ0n) is 14.9. The highest BCUT2D eigenvalue weighted by Crippen LogP contribution is 2.22. The van der Waals surface area contributed by atoms with E-state index in [1.807, 2.05) is 36.2 Å². The first kappa shape index (κ1) is 16.7. The number of carbonyl (C=O) groups excluding carboxylic acids is 1. The average Bonchev–Trinajstić information content (AvgIpc) is 3.23. The van der Waals surface area contributed by atoms with Crippen molar-refractivity contribution in [1.82, 2.24) is 24.8 Å². The van der Waals surface area contributed by atoms with Gasteiger partial charge in [0.25, 0.3) is 11.8 Å². The van der Waals surface area contributed by atoms with E-state index in [1.165, 1.54) is 0 Å². The van der Waals surface area contributed by atoms with Gasteiger partial charge in [-0.25, -0.2) is 0 Å². The zero-order valence-corrected chi connectivity index (χ0v) is 14.9. The van der Waals surface area contributed by atoms with Crippen molar-refractivity contribution >= 4 is 16.8 Å². The largest absolute Gasteiger partial charge is 0.367 e. The number of para-hydroxylation sites is 1. The third kappa shape index (κ3) is 3.20. The van der Waals surface area contributed by atoms with E-state index in [0.29, 0.717) is 30.5 Å². The highest BCUT2D eigenvalue weighted by atomic mass is 16.5. The van der Waals surface area contributed by atoms with Gasteiger partial charge in [0.1, 0.15) is 6.61 Å². The smallest absolute Gasteiger partial charge is 0.275 e. The van der Waals surface area contributed by atoms with Gasteiger partial charge in [-0.2, -0.15) is 10.1 Å². The van der Waals surface area contributed by atoms with Crippen LogP contribution in [0.1, 0.15) is 35.0 Å². The summed E-state index contributed by atoms with van der Waals surface area (Å²) in [6.07, 6.45) is 1.75. The normalized spacial score (nSPS) is 17.8. The Balaban J connectivity index is 1.45. The molecule has 4 rings (SSSR count). The fourth-order valence-electron chi connectivity index (χ4n) is 3.37. The Morgan fingerprint density at radius 2 is 2.23 bits per heavy atom. The van der Waals surface area contributed by atoms with E-state index in [0.717, 1.165) is 23.7 Å². The first-order valence-electron chi connectivity index (χ1n) is 8.73. The van der Waals surface area contributed by atoms with Gasteiger partial charge >= 0.3 is 0 Å². The van der Waals surface area contributed by atoms with Gasteiger partial charge < -0.3 is 14.2 Å². The van der Waals surface area contributed by atoms with Crippen LogP contribution in [0.25, 0.3) is 10.9 Å². The third-order valence-corrected chi connectivity index (χ3v) is 4.64. The maximum atomic E-state index is 13.0. The number of aromatic nitrogens is 4. The van der Waals surface area contributed by atoms with E-state index in [9.17, 15) is 4.79 Å². The molecule has 8 heteroatoms. The summed E-state index contributed by atoms with van der Waals surface area (Å²) in [6.45, 7) is 3.28. The van der Waals surface area contributed by atoms with Crippen LogP contribution in [0.15, 0.2) is 28.8 Å². The van der Waals surface area contributed by atoms with Crippen molar-refractivity contribution < 1.29 is 14.1 Å². The molecule has 2 aromatic heterocycles. The second kappa shape index (κ2) is 6.87. The SMILES string of the molecule is Cc1noc(COC2CCCN(C(=O)c3nn(C)c4ccccc34)C2)n1. The maximum absolute atomic E-state index is 13.0. The minimum absolute atomic E-state index is 0.0464. The fourth-order valence-corrected chi connectivity index (χ4v) is 3.37. The van der Waals surface area contributed by atoms with Crippen LogP contribution in [0.5, 0.6) is 0 Å². The number of ether oxygens (including phenoxy) is 1. The molecule has 0 spiro atoms. The molecule has 1 aromatic carbocycles. The molecule has 1 aliphatic rings. The molecule has 0 aliphatic carbocycles. The van der Waals surface area contributed by atoms with E-state index < -0.39 is 0 Å². The molecule has 3 aromatic rings. The maximum Gasteiger partial charge on any atom is 0.275 e. The molecule has 8 nitrogen and oxygen atoms in total. The van der Waals surface area contributed by atoms with Gasteiger partial charge in [0.05, 0.1) is 11.6 Å². The Bertz CT molecular complexity index is 932. The van der Waals surface area contributed by atoms with Crippen LogP contribution in [-0.4, -0.2) is 49.9 Å². The number of hydrogen-bond donors (Lipinski definition) is 0. The number of rotatable bonds is 4. The van der Waals surface area contributed by atoms with Crippen LogP contribution in [0.2, 0.25) is 0 Å². The first-order chi connectivity index (χ1) is 12.6. The molecule has 0 radical (unpaired) electrons. The van der Waals surface area contributed by atoms with Gasteiger partial charge in [-0.05, 0) is 25.8 Å². The molecule has 136 valence electrons.